The van der Waals surface area contributed by atoms with Gasteiger partial charge in [-0.2, -0.15) is 0 Å². The molecule has 5 heteroatoms. The minimum absolute atomic E-state index is 0.0154. The predicted molar refractivity (Wildman–Crippen MR) is 234 cm³/mol. The molecule has 0 saturated heterocycles. The summed E-state index contributed by atoms with van der Waals surface area (Å²) in [6.07, 6.45) is 10.1. The van der Waals surface area contributed by atoms with Gasteiger partial charge in [-0.15, -0.1) is 0 Å². The van der Waals surface area contributed by atoms with Crippen molar-refractivity contribution >= 4 is 76.2 Å². The zero-order chi connectivity index (χ0) is 37.0. The number of benzene rings is 5. The Labute approximate surface area is 324 Å². The summed E-state index contributed by atoms with van der Waals surface area (Å²) in [6, 6.07) is 40.7. The lowest BCUT2D eigenvalue weighted by Crippen LogP contribution is -2.65. The van der Waals surface area contributed by atoms with E-state index in [0.717, 1.165) is 0 Å². The van der Waals surface area contributed by atoms with Gasteiger partial charge in [-0.1, -0.05) is 131 Å². The quantitative estimate of drug-likeness (QED) is 0.168. The van der Waals surface area contributed by atoms with E-state index in [-0.39, 0.29) is 28.6 Å². The van der Waals surface area contributed by atoms with Crippen molar-refractivity contribution in [3.05, 3.63) is 114 Å². The van der Waals surface area contributed by atoms with Crippen LogP contribution in [-0.2, 0) is 10.8 Å². The molecule has 272 valence electrons. The lowest BCUT2D eigenvalue weighted by molar-refractivity contribution is 0.194. The molecule has 54 heavy (non-hydrogen) atoms. The summed E-state index contributed by atoms with van der Waals surface area (Å²) in [6.45, 7) is 18.3. The Balaban J connectivity index is 1.28. The van der Waals surface area contributed by atoms with E-state index in [1.54, 1.807) is 16.2 Å². The van der Waals surface area contributed by atoms with Gasteiger partial charge >= 0.3 is 0 Å². The molecule has 0 radical (unpaired) electrons. The van der Waals surface area contributed by atoms with Crippen LogP contribution in [0.3, 0.4) is 0 Å². The highest BCUT2D eigenvalue weighted by molar-refractivity contribution is 7.01. The molecular formula is C49H54BN3Si. The Kier molecular flexibility index (Phi) is 6.60. The molecule has 2 aliphatic carbocycles. The summed E-state index contributed by atoms with van der Waals surface area (Å²) in [4.78, 5) is 8.37. The Morgan fingerprint density at radius 3 is 1.83 bits per heavy atom. The van der Waals surface area contributed by atoms with Gasteiger partial charge in [-0.25, -0.2) is 0 Å². The first kappa shape index (κ1) is 33.1. The lowest BCUT2D eigenvalue weighted by atomic mass is 9.33. The molecule has 4 unspecified atom stereocenters. The van der Waals surface area contributed by atoms with Crippen LogP contribution in [0.4, 0.5) is 39.8 Å². The summed E-state index contributed by atoms with van der Waals surface area (Å²) < 4.78 is 0. The van der Waals surface area contributed by atoms with Crippen LogP contribution >= 0.6 is 0 Å². The fourth-order valence-corrected chi connectivity index (χ4v) is 14.0. The van der Waals surface area contributed by atoms with E-state index < -0.39 is 8.07 Å². The maximum Gasteiger partial charge on any atom is 0.252 e. The first-order chi connectivity index (χ1) is 25.9. The van der Waals surface area contributed by atoms with Crippen LogP contribution in [0.25, 0.3) is 0 Å². The fraction of sp³-hybridized carbons (Fsp3) is 0.388. The maximum absolute atomic E-state index is 2.94. The van der Waals surface area contributed by atoms with Crippen molar-refractivity contribution in [3.8, 4) is 0 Å². The molecule has 3 nitrogen and oxygen atoms in total. The molecule has 0 N–H and O–H groups in total. The number of hydrogen-bond acceptors (Lipinski definition) is 3. The van der Waals surface area contributed by atoms with Crippen molar-refractivity contribution in [2.75, 3.05) is 14.7 Å². The van der Waals surface area contributed by atoms with E-state index in [2.05, 4.69) is 165 Å². The normalized spacial score (nSPS) is 28.6. The largest absolute Gasteiger partial charge is 0.335 e. The van der Waals surface area contributed by atoms with Crippen molar-refractivity contribution in [2.24, 2.45) is 0 Å². The van der Waals surface area contributed by atoms with Gasteiger partial charge in [0.2, 0.25) is 0 Å². The third-order valence-corrected chi connectivity index (χ3v) is 18.1. The molecule has 0 spiro atoms. The van der Waals surface area contributed by atoms with E-state index in [4.69, 9.17) is 0 Å². The van der Waals surface area contributed by atoms with Crippen molar-refractivity contribution in [1.82, 2.24) is 0 Å². The first-order valence-corrected chi connectivity index (χ1v) is 24.4. The van der Waals surface area contributed by atoms with E-state index >= 15 is 0 Å². The first-order valence-electron chi connectivity index (χ1n) is 20.9. The number of nitrogens with zero attached hydrogens (tertiary/aromatic N) is 3. The van der Waals surface area contributed by atoms with E-state index in [0.29, 0.717) is 0 Å². The Morgan fingerprint density at radius 2 is 1.11 bits per heavy atom. The van der Waals surface area contributed by atoms with Crippen LogP contribution in [0.15, 0.2) is 103 Å². The minimum Gasteiger partial charge on any atom is -0.335 e. The van der Waals surface area contributed by atoms with Gasteiger partial charge in [0.1, 0.15) is 0 Å². The number of hydrogen-bond donors (Lipinski definition) is 0. The van der Waals surface area contributed by atoms with Gasteiger partial charge in [0.05, 0.1) is 19.2 Å². The molecular weight excluding hydrogens is 669 g/mol. The third kappa shape index (κ3) is 3.90. The van der Waals surface area contributed by atoms with Gasteiger partial charge in [0, 0.05) is 50.6 Å². The average molecular weight is 724 g/mol. The number of para-hydroxylation sites is 3. The van der Waals surface area contributed by atoms with Crippen LogP contribution in [0.2, 0.25) is 19.6 Å². The van der Waals surface area contributed by atoms with Crippen LogP contribution in [0, 0.1) is 0 Å². The topological polar surface area (TPSA) is 9.72 Å². The molecule has 0 bridgehead atoms. The second-order valence-electron chi connectivity index (χ2n) is 19.6. The molecule has 4 atom stereocenters. The molecule has 0 amide bonds. The van der Waals surface area contributed by atoms with E-state index in [1.807, 2.05) is 0 Å². The molecule has 2 fully saturated rings. The monoisotopic (exact) mass is 723 g/mol. The zero-order valence-electron chi connectivity index (χ0n) is 33.4. The van der Waals surface area contributed by atoms with Crippen LogP contribution < -0.4 is 36.3 Å². The van der Waals surface area contributed by atoms with Crippen molar-refractivity contribution in [1.29, 1.82) is 0 Å². The maximum atomic E-state index is 2.94. The smallest absolute Gasteiger partial charge is 0.252 e. The Bertz CT molecular complexity index is 2400. The summed E-state index contributed by atoms with van der Waals surface area (Å²) in [5, 5.41) is 1.61. The van der Waals surface area contributed by atoms with Crippen LogP contribution in [0.1, 0.15) is 90.2 Å². The molecule has 5 aromatic rings. The van der Waals surface area contributed by atoms with Gasteiger partial charge in [-0.3, -0.25) is 0 Å². The fourth-order valence-electron chi connectivity index (χ4n) is 12.8. The van der Waals surface area contributed by atoms with Crippen molar-refractivity contribution < 1.29 is 0 Å². The van der Waals surface area contributed by atoms with E-state index in [1.165, 1.54) is 108 Å². The highest BCUT2D eigenvalue weighted by Crippen LogP contribution is 2.64. The lowest BCUT2D eigenvalue weighted by Gasteiger charge is -2.53. The van der Waals surface area contributed by atoms with Crippen LogP contribution in [-0.4, -0.2) is 25.9 Å². The van der Waals surface area contributed by atoms with Crippen molar-refractivity contribution in [3.63, 3.8) is 0 Å². The number of rotatable bonds is 3. The van der Waals surface area contributed by atoms with Gasteiger partial charge < -0.3 is 14.7 Å². The average Bonchev–Trinajstić information content (AvgIpc) is 3.51. The Morgan fingerprint density at radius 1 is 0.519 bits per heavy atom. The minimum atomic E-state index is -1.65. The molecule has 4 heterocycles. The number of anilines is 7. The second kappa shape index (κ2) is 10.8. The standard InChI is InChI=1S/C49H54BN3Si/c1-46-25-15-17-27-48(46,3)52(40-23-13-11-21-36(40)46)34-29-42-44-43(30-34)53-45-37(47(2)26-16-18-28-49(47,53)4)31-35(54(5,6)7)32-39(45)50(44)38-22-12-14-24-41(38)51(42)33-19-9-8-10-20-33/h8-14,19-24,29-32H,15-18,25-28H2,1-7H3. The highest BCUT2D eigenvalue weighted by Gasteiger charge is 2.62. The SMILES string of the molecule is CC12CCCCC1(C)N(c1cc3c4c(c1)N1c5c(cc([Si](C)(C)C)cc5C5(C)CCCCC15C)B4c1ccccc1N3c1ccccc1)c1ccccc12. The molecule has 2 saturated carbocycles. The zero-order valence-corrected chi connectivity index (χ0v) is 34.4. The molecule has 5 aromatic carbocycles. The third-order valence-electron chi connectivity index (χ3n) is 16.1. The highest BCUT2D eigenvalue weighted by atomic mass is 28.3. The predicted octanol–water partition coefficient (Wildman–Crippen LogP) is 10.3. The molecule has 0 aromatic heterocycles. The second-order valence-corrected chi connectivity index (χ2v) is 24.7. The van der Waals surface area contributed by atoms with Crippen molar-refractivity contribution in [2.45, 2.75) is 121 Å². The molecule has 11 rings (SSSR count). The van der Waals surface area contributed by atoms with Gasteiger partial charge in [0.15, 0.2) is 0 Å². The van der Waals surface area contributed by atoms with Crippen LogP contribution in [0.5, 0.6) is 0 Å². The summed E-state index contributed by atoms with van der Waals surface area (Å²) >= 11 is 0. The van der Waals surface area contributed by atoms with Gasteiger partial charge in [0.25, 0.3) is 6.71 Å². The Hall–Kier alpha value is -4.22. The summed E-state index contributed by atoms with van der Waals surface area (Å²) in [5.41, 5.74) is 17.4. The summed E-state index contributed by atoms with van der Waals surface area (Å²) in [5.74, 6) is 0. The summed E-state index contributed by atoms with van der Waals surface area (Å²) in [7, 11) is -1.65. The molecule has 4 aliphatic heterocycles. The molecule has 6 aliphatic rings. The van der Waals surface area contributed by atoms with E-state index in [9.17, 15) is 0 Å². The number of fused-ring (bicyclic) bond motifs is 10. The van der Waals surface area contributed by atoms with Gasteiger partial charge in [-0.05, 0) is 103 Å².